The number of hydrogen-bond donors (Lipinski definition) is 3. The van der Waals surface area contributed by atoms with Crippen LogP contribution in [0.25, 0.3) is 10.9 Å². The van der Waals surface area contributed by atoms with Gasteiger partial charge in [0.05, 0.1) is 10.4 Å². The van der Waals surface area contributed by atoms with Crippen LogP contribution in [0.15, 0.2) is 65.6 Å². The van der Waals surface area contributed by atoms with E-state index in [1.165, 1.54) is 17.0 Å². The van der Waals surface area contributed by atoms with Crippen LogP contribution in [0.4, 0.5) is 15.4 Å². The first kappa shape index (κ1) is 24.5. The third-order valence-corrected chi connectivity index (χ3v) is 7.42. The molecule has 1 aliphatic rings. The van der Waals surface area contributed by atoms with Crippen LogP contribution in [0.1, 0.15) is 31.2 Å². The first-order valence-corrected chi connectivity index (χ1v) is 13.1. The zero-order valence-corrected chi connectivity index (χ0v) is 20.3. The van der Waals surface area contributed by atoms with Crippen molar-refractivity contribution in [2.45, 2.75) is 43.0 Å². The fourth-order valence-electron chi connectivity index (χ4n) is 4.08. The van der Waals surface area contributed by atoms with E-state index in [-0.39, 0.29) is 17.0 Å². The van der Waals surface area contributed by atoms with Crippen molar-refractivity contribution in [1.29, 1.82) is 0 Å². The van der Waals surface area contributed by atoms with Crippen molar-refractivity contribution in [3.63, 3.8) is 0 Å². The Morgan fingerprint density at radius 1 is 1.00 bits per heavy atom. The van der Waals surface area contributed by atoms with Gasteiger partial charge >= 0.3 is 12.1 Å². The number of sulfonamides is 1. The number of benzene rings is 2. The van der Waals surface area contributed by atoms with Gasteiger partial charge in [-0.2, -0.15) is 0 Å². The molecule has 0 radical (unpaired) electrons. The Balaban J connectivity index is 1.27. The van der Waals surface area contributed by atoms with Crippen molar-refractivity contribution >= 4 is 38.8 Å². The Hall–Kier alpha value is -3.66. The first-order chi connectivity index (χ1) is 16.8. The second-order valence-electron chi connectivity index (χ2n) is 8.61. The van der Waals surface area contributed by atoms with Gasteiger partial charge < -0.3 is 10.6 Å². The Morgan fingerprint density at radius 2 is 1.71 bits per heavy atom. The number of carbonyl (C=O) groups is 2. The van der Waals surface area contributed by atoms with Gasteiger partial charge in [0, 0.05) is 25.0 Å². The molecule has 0 aliphatic heterocycles. The van der Waals surface area contributed by atoms with E-state index in [0.29, 0.717) is 18.8 Å². The summed E-state index contributed by atoms with van der Waals surface area (Å²) in [5.41, 5.74) is 1.66. The number of amides is 4. The topological polar surface area (TPSA) is 121 Å². The second kappa shape index (κ2) is 10.7. The molecule has 0 atom stereocenters. The molecular formula is C25H29N5O4S. The molecule has 10 heteroatoms. The van der Waals surface area contributed by atoms with Gasteiger partial charge in [-0.15, -0.1) is 0 Å². The predicted octanol–water partition coefficient (Wildman–Crippen LogP) is 3.55. The van der Waals surface area contributed by atoms with Crippen LogP contribution >= 0.6 is 0 Å². The van der Waals surface area contributed by atoms with Crippen LogP contribution in [0.3, 0.4) is 0 Å². The van der Waals surface area contributed by atoms with Gasteiger partial charge in [0.1, 0.15) is 5.82 Å². The molecule has 9 nitrogen and oxygen atoms in total. The van der Waals surface area contributed by atoms with Crippen molar-refractivity contribution in [1.82, 2.24) is 20.3 Å². The van der Waals surface area contributed by atoms with Gasteiger partial charge in [-0.1, -0.05) is 43.2 Å². The number of nitrogens with zero attached hydrogens (tertiary/aromatic N) is 2. The maximum Gasteiger partial charge on any atom is 0.328 e. The molecule has 35 heavy (non-hydrogen) atoms. The lowest BCUT2D eigenvalue weighted by Crippen LogP contribution is -2.43. The van der Waals surface area contributed by atoms with Gasteiger partial charge in [-0.05, 0) is 55.2 Å². The summed E-state index contributed by atoms with van der Waals surface area (Å²) in [6.07, 6.45) is 4.33. The molecule has 0 unspecified atom stereocenters. The third kappa shape index (κ3) is 6.27. The zero-order valence-electron chi connectivity index (χ0n) is 19.5. The second-order valence-corrected chi connectivity index (χ2v) is 10.3. The van der Waals surface area contributed by atoms with Crippen molar-refractivity contribution in [2.75, 3.05) is 18.5 Å². The Labute approximate surface area is 205 Å². The minimum atomic E-state index is -3.95. The SMILES string of the molecule is CN(C(=O)NCCc1ccc(S(=O)(=O)NC(=O)NC2CCCC2)cc1)c1ccc2ccccc2n1. The van der Waals surface area contributed by atoms with E-state index in [2.05, 4.69) is 20.3 Å². The van der Waals surface area contributed by atoms with E-state index < -0.39 is 16.1 Å². The molecule has 0 spiro atoms. The van der Waals surface area contributed by atoms with Crippen LogP contribution in [0.5, 0.6) is 0 Å². The largest absolute Gasteiger partial charge is 0.337 e. The smallest absolute Gasteiger partial charge is 0.328 e. The number of pyridine rings is 1. The van der Waals surface area contributed by atoms with Crippen molar-refractivity contribution in [3.05, 3.63) is 66.2 Å². The maximum atomic E-state index is 12.5. The van der Waals surface area contributed by atoms with Crippen molar-refractivity contribution < 1.29 is 18.0 Å². The number of carbonyl (C=O) groups excluding carboxylic acids is 2. The van der Waals surface area contributed by atoms with Crippen molar-refractivity contribution in [2.24, 2.45) is 0 Å². The zero-order chi connectivity index (χ0) is 24.8. The number of fused-ring (bicyclic) bond motifs is 1. The Morgan fingerprint density at radius 3 is 2.46 bits per heavy atom. The van der Waals surface area contributed by atoms with E-state index in [0.717, 1.165) is 42.1 Å². The summed E-state index contributed by atoms with van der Waals surface area (Å²) in [5, 5.41) is 6.55. The predicted molar refractivity (Wildman–Crippen MR) is 135 cm³/mol. The summed E-state index contributed by atoms with van der Waals surface area (Å²) in [5.74, 6) is 0.542. The maximum absolute atomic E-state index is 12.5. The average Bonchev–Trinajstić information content (AvgIpc) is 3.36. The number of hydrogen-bond acceptors (Lipinski definition) is 5. The standard InChI is InChI=1S/C25H29N5O4S/c1-30(23-15-12-19-6-2-5-9-22(19)28-23)25(32)26-17-16-18-10-13-21(14-11-18)35(33,34)29-24(31)27-20-7-3-4-8-20/h2,5-6,9-15,20H,3-4,7-8,16-17H2,1H3,(H,26,32)(H2,27,29,31). The van der Waals surface area contributed by atoms with Crippen LogP contribution in [-0.2, 0) is 16.4 Å². The molecule has 1 aliphatic carbocycles. The number of anilines is 1. The first-order valence-electron chi connectivity index (χ1n) is 11.6. The number of urea groups is 2. The number of para-hydroxylation sites is 1. The molecule has 0 saturated heterocycles. The summed E-state index contributed by atoms with van der Waals surface area (Å²) in [7, 11) is -2.30. The number of aromatic nitrogens is 1. The monoisotopic (exact) mass is 495 g/mol. The molecule has 1 fully saturated rings. The van der Waals surface area contributed by atoms with Gasteiger partial charge in [0.15, 0.2) is 0 Å². The Bertz CT molecular complexity index is 1300. The lowest BCUT2D eigenvalue weighted by molar-refractivity contribution is 0.242. The quantitative estimate of drug-likeness (QED) is 0.463. The van der Waals surface area contributed by atoms with E-state index in [1.54, 1.807) is 25.2 Å². The molecule has 1 heterocycles. The highest BCUT2D eigenvalue weighted by Crippen LogP contribution is 2.18. The van der Waals surface area contributed by atoms with Crippen molar-refractivity contribution in [3.8, 4) is 0 Å². The summed E-state index contributed by atoms with van der Waals surface area (Å²) in [6, 6.07) is 16.7. The normalized spacial score (nSPS) is 14.0. The molecular weight excluding hydrogens is 466 g/mol. The summed E-state index contributed by atoms with van der Waals surface area (Å²) in [4.78, 5) is 30.5. The van der Waals surface area contributed by atoms with Crippen LogP contribution in [0.2, 0.25) is 0 Å². The molecule has 184 valence electrons. The lowest BCUT2D eigenvalue weighted by atomic mass is 10.1. The summed E-state index contributed by atoms with van der Waals surface area (Å²) < 4.78 is 27.0. The molecule has 1 saturated carbocycles. The van der Waals surface area contributed by atoms with Crippen LogP contribution < -0.4 is 20.3 Å². The van der Waals surface area contributed by atoms with E-state index in [9.17, 15) is 18.0 Å². The van der Waals surface area contributed by atoms with Crippen LogP contribution in [0, 0.1) is 0 Å². The number of rotatable bonds is 7. The lowest BCUT2D eigenvalue weighted by Gasteiger charge is -2.17. The van der Waals surface area contributed by atoms with Crippen LogP contribution in [-0.4, -0.2) is 45.1 Å². The molecule has 2 aromatic carbocycles. The van der Waals surface area contributed by atoms with E-state index >= 15 is 0 Å². The molecule has 3 N–H and O–H groups in total. The third-order valence-electron chi connectivity index (χ3n) is 6.07. The van der Waals surface area contributed by atoms with E-state index in [1.807, 2.05) is 30.3 Å². The molecule has 0 bridgehead atoms. The fraction of sp³-hybridized carbons (Fsp3) is 0.320. The highest BCUT2D eigenvalue weighted by atomic mass is 32.2. The van der Waals surface area contributed by atoms with Gasteiger partial charge in [0.2, 0.25) is 0 Å². The summed E-state index contributed by atoms with van der Waals surface area (Å²) in [6.45, 7) is 0.366. The summed E-state index contributed by atoms with van der Waals surface area (Å²) >= 11 is 0. The minimum Gasteiger partial charge on any atom is -0.337 e. The molecule has 1 aromatic heterocycles. The van der Waals surface area contributed by atoms with Gasteiger partial charge in [-0.3, -0.25) is 4.90 Å². The van der Waals surface area contributed by atoms with Gasteiger partial charge in [0.25, 0.3) is 10.0 Å². The number of nitrogens with one attached hydrogen (secondary N) is 3. The molecule has 3 aromatic rings. The van der Waals surface area contributed by atoms with Gasteiger partial charge in [-0.25, -0.2) is 27.7 Å². The highest BCUT2D eigenvalue weighted by Gasteiger charge is 2.22. The minimum absolute atomic E-state index is 0.00830. The fourth-order valence-corrected chi connectivity index (χ4v) is 4.99. The molecule has 4 amide bonds. The van der Waals surface area contributed by atoms with E-state index in [4.69, 9.17) is 0 Å². The highest BCUT2D eigenvalue weighted by molar-refractivity contribution is 7.90. The Kier molecular flexibility index (Phi) is 7.50. The molecule has 4 rings (SSSR count). The average molecular weight is 496 g/mol.